The number of amides is 1. The Kier molecular flexibility index (Phi) is 6.21. The fourth-order valence-corrected chi connectivity index (χ4v) is 4.88. The van der Waals surface area contributed by atoms with E-state index in [1.807, 2.05) is 0 Å². The second-order valence-electron chi connectivity index (χ2n) is 6.48. The first-order valence-corrected chi connectivity index (χ1v) is 10.5. The van der Waals surface area contributed by atoms with E-state index in [4.69, 9.17) is 9.47 Å². The number of methoxy groups -OCH3 is 2. The van der Waals surface area contributed by atoms with E-state index >= 15 is 0 Å². The maximum atomic E-state index is 13.1. The number of sulfonamides is 1. The molecule has 0 atom stereocenters. The summed E-state index contributed by atoms with van der Waals surface area (Å²) >= 11 is 0. The van der Waals surface area contributed by atoms with Gasteiger partial charge in [0.2, 0.25) is 10.0 Å². The maximum absolute atomic E-state index is 13.1. The largest absolute Gasteiger partial charge is 0.497 e. The van der Waals surface area contributed by atoms with Crippen molar-refractivity contribution in [2.24, 2.45) is 0 Å². The zero-order valence-electron chi connectivity index (χ0n) is 16.0. The van der Waals surface area contributed by atoms with Crippen molar-refractivity contribution in [2.45, 2.75) is 24.2 Å². The Morgan fingerprint density at radius 3 is 2.39 bits per heavy atom. The molecule has 0 saturated carbocycles. The maximum Gasteiger partial charge on any atom is 0.259 e. The zero-order chi connectivity index (χ0) is 20.1. The second kappa shape index (κ2) is 8.62. The van der Waals surface area contributed by atoms with E-state index in [9.17, 15) is 13.2 Å². The highest BCUT2D eigenvalue weighted by atomic mass is 32.2. The van der Waals surface area contributed by atoms with Crippen molar-refractivity contribution < 1.29 is 22.7 Å². The molecule has 0 radical (unpaired) electrons. The number of ether oxygens (including phenoxy) is 2. The van der Waals surface area contributed by atoms with Crippen LogP contribution in [-0.4, -0.2) is 45.9 Å². The van der Waals surface area contributed by atoms with Crippen molar-refractivity contribution in [1.82, 2.24) is 4.31 Å². The molecule has 2 aromatic rings. The number of piperidine rings is 1. The fourth-order valence-electron chi connectivity index (χ4n) is 3.21. The molecule has 3 rings (SSSR count). The Morgan fingerprint density at radius 1 is 1.00 bits per heavy atom. The molecule has 1 heterocycles. The van der Waals surface area contributed by atoms with Crippen LogP contribution in [0.2, 0.25) is 0 Å². The van der Waals surface area contributed by atoms with Crippen LogP contribution < -0.4 is 14.8 Å². The monoisotopic (exact) mass is 404 g/mol. The van der Waals surface area contributed by atoms with E-state index in [2.05, 4.69) is 5.32 Å². The van der Waals surface area contributed by atoms with Crippen LogP contribution in [0.15, 0.2) is 47.4 Å². The first-order valence-electron chi connectivity index (χ1n) is 9.10. The molecule has 1 saturated heterocycles. The number of anilines is 1. The van der Waals surface area contributed by atoms with Crippen molar-refractivity contribution >= 4 is 21.6 Å². The predicted molar refractivity (Wildman–Crippen MR) is 107 cm³/mol. The molecule has 1 aliphatic rings. The average molecular weight is 404 g/mol. The third-order valence-corrected chi connectivity index (χ3v) is 6.68. The number of hydrogen-bond donors (Lipinski definition) is 1. The predicted octanol–water partition coefficient (Wildman–Crippen LogP) is 3.13. The Hall–Kier alpha value is -2.58. The van der Waals surface area contributed by atoms with Crippen molar-refractivity contribution in [1.29, 1.82) is 0 Å². The van der Waals surface area contributed by atoms with E-state index in [0.717, 1.165) is 19.3 Å². The summed E-state index contributed by atoms with van der Waals surface area (Å²) in [5.41, 5.74) is 0.532. The molecule has 0 aromatic heterocycles. The highest BCUT2D eigenvalue weighted by Crippen LogP contribution is 2.29. The van der Waals surface area contributed by atoms with Crippen molar-refractivity contribution in [2.75, 3.05) is 32.6 Å². The molecule has 1 N–H and O–H groups in total. The van der Waals surface area contributed by atoms with Gasteiger partial charge in [0, 0.05) is 19.2 Å². The van der Waals surface area contributed by atoms with Gasteiger partial charge < -0.3 is 14.8 Å². The topological polar surface area (TPSA) is 84.9 Å². The first kappa shape index (κ1) is 20.2. The summed E-state index contributed by atoms with van der Waals surface area (Å²) in [6.45, 7) is 0.994. The van der Waals surface area contributed by atoms with Crippen LogP contribution in [-0.2, 0) is 10.0 Å². The lowest BCUT2D eigenvalue weighted by molar-refractivity contribution is 0.102. The summed E-state index contributed by atoms with van der Waals surface area (Å²) in [6, 6.07) is 11.3. The fraction of sp³-hybridized carbons (Fsp3) is 0.350. The second-order valence-corrected chi connectivity index (χ2v) is 8.39. The van der Waals surface area contributed by atoms with Crippen LogP contribution in [0.3, 0.4) is 0 Å². The van der Waals surface area contributed by atoms with Crippen LogP contribution in [0, 0.1) is 0 Å². The molecule has 1 aliphatic heterocycles. The molecule has 0 bridgehead atoms. The lowest BCUT2D eigenvalue weighted by atomic mass is 10.1. The van der Waals surface area contributed by atoms with Gasteiger partial charge in [-0.1, -0.05) is 18.6 Å². The van der Waals surface area contributed by atoms with Crippen LogP contribution in [0.25, 0.3) is 0 Å². The number of benzene rings is 2. The van der Waals surface area contributed by atoms with Gasteiger partial charge in [-0.3, -0.25) is 4.79 Å². The Labute approximate surface area is 165 Å². The number of hydrogen-bond acceptors (Lipinski definition) is 5. The van der Waals surface area contributed by atoms with Gasteiger partial charge >= 0.3 is 0 Å². The van der Waals surface area contributed by atoms with Gasteiger partial charge in [-0.25, -0.2) is 8.42 Å². The summed E-state index contributed by atoms with van der Waals surface area (Å²) in [6.07, 6.45) is 2.72. The van der Waals surface area contributed by atoms with Crippen LogP contribution in [0.5, 0.6) is 11.5 Å². The van der Waals surface area contributed by atoms with Crippen molar-refractivity contribution in [3.63, 3.8) is 0 Å². The Balaban J connectivity index is 1.91. The minimum absolute atomic E-state index is 0.0951. The molecule has 2 aromatic carbocycles. The van der Waals surface area contributed by atoms with Gasteiger partial charge in [0.25, 0.3) is 5.91 Å². The van der Waals surface area contributed by atoms with Gasteiger partial charge in [-0.15, -0.1) is 0 Å². The lowest BCUT2D eigenvalue weighted by Crippen LogP contribution is -2.36. The standard InChI is InChI=1S/C20H24N2O5S/c1-26-15-10-11-16(18(14-15)27-2)20(23)21-17-8-4-5-9-19(17)28(24,25)22-12-6-3-7-13-22/h4-5,8-11,14H,3,6-7,12-13H2,1-2H3,(H,21,23). The molecule has 0 aliphatic carbocycles. The normalized spacial score (nSPS) is 15.1. The molecule has 1 fully saturated rings. The van der Waals surface area contributed by atoms with E-state index in [1.54, 1.807) is 36.4 Å². The highest BCUT2D eigenvalue weighted by molar-refractivity contribution is 7.89. The molecule has 28 heavy (non-hydrogen) atoms. The first-order chi connectivity index (χ1) is 13.5. The Morgan fingerprint density at radius 2 is 1.71 bits per heavy atom. The number of rotatable bonds is 6. The van der Waals surface area contributed by atoms with Gasteiger partial charge in [0.1, 0.15) is 16.4 Å². The lowest BCUT2D eigenvalue weighted by Gasteiger charge is -2.26. The van der Waals surface area contributed by atoms with Crippen LogP contribution in [0.1, 0.15) is 29.6 Å². The van der Waals surface area contributed by atoms with Crippen molar-refractivity contribution in [3.8, 4) is 11.5 Å². The molecule has 150 valence electrons. The molecular formula is C20H24N2O5S. The summed E-state index contributed by atoms with van der Waals surface area (Å²) in [5, 5.41) is 2.72. The SMILES string of the molecule is COc1ccc(C(=O)Nc2ccccc2S(=O)(=O)N2CCCCC2)c(OC)c1. The minimum atomic E-state index is -3.68. The van der Waals surface area contributed by atoms with Gasteiger partial charge in [-0.2, -0.15) is 4.31 Å². The molecule has 0 unspecified atom stereocenters. The zero-order valence-corrected chi connectivity index (χ0v) is 16.8. The molecular weight excluding hydrogens is 380 g/mol. The summed E-state index contributed by atoms with van der Waals surface area (Å²) in [5.74, 6) is 0.440. The summed E-state index contributed by atoms with van der Waals surface area (Å²) in [7, 11) is -0.697. The van der Waals surface area contributed by atoms with Crippen LogP contribution in [0.4, 0.5) is 5.69 Å². The van der Waals surface area contributed by atoms with E-state index < -0.39 is 15.9 Å². The number of nitrogens with zero attached hydrogens (tertiary/aromatic N) is 1. The van der Waals surface area contributed by atoms with Crippen LogP contribution >= 0.6 is 0 Å². The number of para-hydroxylation sites is 1. The van der Waals surface area contributed by atoms with E-state index in [-0.39, 0.29) is 16.1 Å². The van der Waals surface area contributed by atoms with Gasteiger partial charge in [0.05, 0.1) is 25.5 Å². The molecule has 1 amide bonds. The number of carbonyl (C=O) groups is 1. The highest BCUT2D eigenvalue weighted by Gasteiger charge is 2.28. The third kappa shape index (κ3) is 4.13. The smallest absolute Gasteiger partial charge is 0.259 e. The van der Waals surface area contributed by atoms with E-state index in [1.165, 1.54) is 24.6 Å². The Bertz CT molecular complexity index is 953. The summed E-state index contributed by atoms with van der Waals surface area (Å²) in [4.78, 5) is 12.9. The average Bonchev–Trinajstić information content (AvgIpc) is 2.74. The van der Waals surface area contributed by atoms with E-state index in [0.29, 0.717) is 24.6 Å². The third-order valence-electron chi connectivity index (χ3n) is 4.72. The van der Waals surface area contributed by atoms with Gasteiger partial charge in [-0.05, 0) is 37.1 Å². The van der Waals surface area contributed by atoms with Gasteiger partial charge in [0.15, 0.2) is 0 Å². The number of carbonyl (C=O) groups excluding carboxylic acids is 1. The minimum Gasteiger partial charge on any atom is -0.497 e. The summed E-state index contributed by atoms with van der Waals surface area (Å²) < 4.78 is 38.0. The molecule has 0 spiro atoms. The van der Waals surface area contributed by atoms with Crippen molar-refractivity contribution in [3.05, 3.63) is 48.0 Å². The quantitative estimate of drug-likeness (QED) is 0.800. The number of nitrogens with one attached hydrogen (secondary N) is 1. The molecule has 7 nitrogen and oxygen atoms in total. The molecule has 8 heteroatoms.